The van der Waals surface area contributed by atoms with Crippen LogP contribution in [0.4, 0.5) is 0 Å². The summed E-state index contributed by atoms with van der Waals surface area (Å²) in [5.74, 6) is -0.321. The van der Waals surface area contributed by atoms with Crippen LogP contribution >= 0.6 is 0 Å². The normalized spacial score (nSPS) is 11.3. The summed E-state index contributed by atoms with van der Waals surface area (Å²) in [6.07, 6.45) is 3.34. The highest BCUT2D eigenvalue weighted by atomic mass is 16.3. The standard InChI is InChI=1S/C20H17N5O2/c1-25-10-4-7-18(25)16-11-17(23-22-16)20(27)24-21-12-15-14-6-3-2-5-13(14)8-9-19(15)26/h2-12,26H,1H3,(H,22,23)(H,24,27)/b21-12+. The van der Waals surface area contributed by atoms with Crippen LogP contribution in [0.2, 0.25) is 0 Å². The Hall–Kier alpha value is -3.87. The number of hydrazone groups is 1. The Kier molecular flexibility index (Phi) is 4.18. The summed E-state index contributed by atoms with van der Waals surface area (Å²) >= 11 is 0. The summed E-state index contributed by atoms with van der Waals surface area (Å²) in [6.45, 7) is 0. The molecule has 2 aromatic heterocycles. The highest BCUT2D eigenvalue weighted by Gasteiger charge is 2.12. The summed E-state index contributed by atoms with van der Waals surface area (Å²) < 4.78 is 1.92. The van der Waals surface area contributed by atoms with Gasteiger partial charge in [0.2, 0.25) is 0 Å². The third kappa shape index (κ3) is 3.18. The van der Waals surface area contributed by atoms with Gasteiger partial charge < -0.3 is 9.67 Å². The molecule has 7 nitrogen and oxygen atoms in total. The number of rotatable bonds is 4. The number of phenols is 1. The zero-order valence-electron chi connectivity index (χ0n) is 14.5. The fourth-order valence-electron chi connectivity index (χ4n) is 2.93. The molecule has 4 aromatic rings. The number of carbonyl (C=O) groups excluding carboxylic acids is 1. The van der Waals surface area contributed by atoms with Gasteiger partial charge in [-0.3, -0.25) is 9.89 Å². The van der Waals surface area contributed by atoms with E-state index in [4.69, 9.17) is 0 Å². The van der Waals surface area contributed by atoms with E-state index in [9.17, 15) is 9.90 Å². The molecule has 2 aromatic carbocycles. The molecule has 27 heavy (non-hydrogen) atoms. The zero-order chi connectivity index (χ0) is 18.8. The highest BCUT2D eigenvalue weighted by Crippen LogP contribution is 2.25. The third-order valence-electron chi connectivity index (χ3n) is 4.34. The molecule has 1 amide bonds. The zero-order valence-corrected chi connectivity index (χ0v) is 14.5. The summed E-state index contributed by atoms with van der Waals surface area (Å²) in [6, 6.07) is 16.6. The van der Waals surface area contributed by atoms with Gasteiger partial charge in [-0.2, -0.15) is 10.2 Å². The predicted octanol–water partition coefficient (Wildman–Crippen LogP) is 3.04. The molecular formula is C20H17N5O2. The number of hydrogen-bond acceptors (Lipinski definition) is 4. The predicted molar refractivity (Wildman–Crippen MR) is 104 cm³/mol. The first-order chi connectivity index (χ1) is 13.1. The van der Waals surface area contributed by atoms with Crippen molar-refractivity contribution in [1.82, 2.24) is 20.2 Å². The second kappa shape index (κ2) is 6.80. The molecule has 0 fully saturated rings. The number of fused-ring (bicyclic) bond motifs is 1. The number of aromatic hydroxyl groups is 1. The van der Waals surface area contributed by atoms with Gasteiger partial charge in [0.15, 0.2) is 0 Å². The van der Waals surface area contributed by atoms with E-state index in [0.29, 0.717) is 17.0 Å². The van der Waals surface area contributed by atoms with Gasteiger partial charge in [-0.15, -0.1) is 0 Å². The third-order valence-corrected chi connectivity index (χ3v) is 4.34. The molecule has 4 rings (SSSR count). The van der Waals surface area contributed by atoms with Crippen molar-refractivity contribution in [3.63, 3.8) is 0 Å². The van der Waals surface area contributed by atoms with Crippen molar-refractivity contribution < 1.29 is 9.90 Å². The lowest BCUT2D eigenvalue weighted by molar-refractivity contribution is 0.0950. The van der Waals surface area contributed by atoms with Gasteiger partial charge in [0.05, 0.1) is 11.9 Å². The lowest BCUT2D eigenvalue weighted by Crippen LogP contribution is -2.18. The van der Waals surface area contributed by atoms with Crippen LogP contribution in [-0.2, 0) is 7.05 Å². The monoisotopic (exact) mass is 359 g/mol. The van der Waals surface area contributed by atoms with E-state index < -0.39 is 5.91 Å². The summed E-state index contributed by atoms with van der Waals surface area (Å²) in [5, 5.41) is 22.8. The van der Waals surface area contributed by atoms with Crippen LogP contribution in [0.3, 0.4) is 0 Å². The fraction of sp³-hybridized carbons (Fsp3) is 0.0500. The number of H-pyrrole nitrogens is 1. The molecule has 0 saturated heterocycles. The van der Waals surface area contributed by atoms with E-state index >= 15 is 0 Å². The van der Waals surface area contributed by atoms with E-state index in [1.165, 1.54) is 6.21 Å². The number of benzene rings is 2. The molecule has 0 unspecified atom stereocenters. The van der Waals surface area contributed by atoms with Crippen LogP contribution in [0.15, 0.2) is 65.9 Å². The first-order valence-electron chi connectivity index (χ1n) is 8.35. The molecule has 0 aliphatic heterocycles. The van der Waals surface area contributed by atoms with Crippen LogP contribution in [0.5, 0.6) is 5.75 Å². The smallest absolute Gasteiger partial charge is 0.289 e. The molecule has 7 heteroatoms. The lowest BCUT2D eigenvalue weighted by Gasteiger charge is -2.04. The Morgan fingerprint density at radius 1 is 1.22 bits per heavy atom. The van der Waals surface area contributed by atoms with E-state index in [2.05, 4.69) is 20.7 Å². The maximum absolute atomic E-state index is 12.3. The van der Waals surface area contributed by atoms with Gasteiger partial charge in [0, 0.05) is 18.8 Å². The van der Waals surface area contributed by atoms with Crippen molar-refractivity contribution in [3.8, 4) is 17.1 Å². The summed E-state index contributed by atoms with van der Waals surface area (Å²) in [4.78, 5) is 12.3. The first kappa shape index (κ1) is 16.6. The Labute approximate surface area is 155 Å². The first-order valence-corrected chi connectivity index (χ1v) is 8.35. The number of aryl methyl sites for hydroxylation is 1. The maximum Gasteiger partial charge on any atom is 0.289 e. The fourth-order valence-corrected chi connectivity index (χ4v) is 2.93. The topological polar surface area (TPSA) is 95.3 Å². The Balaban J connectivity index is 1.53. The van der Waals surface area contributed by atoms with Crippen molar-refractivity contribution in [2.24, 2.45) is 12.1 Å². The van der Waals surface area contributed by atoms with Gasteiger partial charge in [0.25, 0.3) is 5.91 Å². The molecule has 0 atom stereocenters. The SMILES string of the molecule is Cn1cccc1-c1cc(C(=O)N/N=C/c2c(O)ccc3ccccc23)[nH]n1. The molecule has 2 heterocycles. The number of carbonyl (C=O) groups is 1. The van der Waals surface area contributed by atoms with Crippen molar-refractivity contribution in [3.05, 3.63) is 72.1 Å². The molecule has 3 N–H and O–H groups in total. The minimum atomic E-state index is -0.418. The number of nitrogens with one attached hydrogen (secondary N) is 2. The van der Waals surface area contributed by atoms with Crippen molar-refractivity contribution in [2.75, 3.05) is 0 Å². The number of nitrogens with zero attached hydrogens (tertiary/aromatic N) is 3. The Morgan fingerprint density at radius 2 is 2.07 bits per heavy atom. The van der Waals surface area contributed by atoms with Crippen LogP contribution in [0, 0.1) is 0 Å². The van der Waals surface area contributed by atoms with Crippen LogP contribution in [0.25, 0.3) is 22.2 Å². The number of aromatic amines is 1. The van der Waals surface area contributed by atoms with Crippen molar-refractivity contribution in [2.45, 2.75) is 0 Å². The minimum Gasteiger partial charge on any atom is -0.507 e. The quantitative estimate of drug-likeness (QED) is 0.386. The van der Waals surface area contributed by atoms with Gasteiger partial charge in [-0.1, -0.05) is 30.3 Å². The summed E-state index contributed by atoms with van der Waals surface area (Å²) in [5.41, 5.74) is 4.86. The Morgan fingerprint density at radius 3 is 2.89 bits per heavy atom. The number of amides is 1. The number of phenolic OH excluding ortho intramolecular Hbond substituents is 1. The van der Waals surface area contributed by atoms with Gasteiger partial charge in [-0.25, -0.2) is 5.43 Å². The molecule has 0 radical (unpaired) electrons. The van der Waals surface area contributed by atoms with Crippen molar-refractivity contribution >= 4 is 22.9 Å². The van der Waals surface area contributed by atoms with E-state index in [0.717, 1.165) is 16.5 Å². The largest absolute Gasteiger partial charge is 0.507 e. The Bertz CT molecular complexity index is 1160. The van der Waals surface area contributed by atoms with Crippen LogP contribution in [-0.4, -0.2) is 32.0 Å². The molecule has 0 aliphatic rings. The average molecular weight is 359 g/mol. The molecule has 0 bridgehead atoms. The molecule has 0 saturated carbocycles. The second-order valence-corrected chi connectivity index (χ2v) is 6.09. The molecule has 0 aliphatic carbocycles. The van der Waals surface area contributed by atoms with E-state index in [-0.39, 0.29) is 5.75 Å². The molecular weight excluding hydrogens is 342 g/mol. The molecule has 134 valence electrons. The second-order valence-electron chi connectivity index (χ2n) is 6.09. The van der Waals surface area contributed by atoms with Gasteiger partial charge >= 0.3 is 0 Å². The van der Waals surface area contributed by atoms with Crippen molar-refractivity contribution in [1.29, 1.82) is 0 Å². The number of hydrogen-bond donors (Lipinski definition) is 3. The minimum absolute atomic E-state index is 0.0965. The summed E-state index contributed by atoms with van der Waals surface area (Å²) in [7, 11) is 1.91. The molecule has 0 spiro atoms. The number of aromatic nitrogens is 3. The average Bonchev–Trinajstić information content (AvgIpc) is 3.32. The maximum atomic E-state index is 12.3. The lowest BCUT2D eigenvalue weighted by atomic mass is 10.0. The van der Waals surface area contributed by atoms with Crippen LogP contribution < -0.4 is 5.43 Å². The van der Waals surface area contributed by atoms with Gasteiger partial charge in [0.1, 0.15) is 17.1 Å². The van der Waals surface area contributed by atoms with Crippen LogP contribution in [0.1, 0.15) is 16.1 Å². The highest BCUT2D eigenvalue weighted by molar-refractivity contribution is 6.03. The van der Waals surface area contributed by atoms with E-state index in [1.54, 1.807) is 12.1 Å². The van der Waals surface area contributed by atoms with E-state index in [1.807, 2.05) is 60.3 Å². The van der Waals surface area contributed by atoms with Gasteiger partial charge in [-0.05, 0) is 35.0 Å².